The Balaban J connectivity index is 0.000000606. The van der Waals surface area contributed by atoms with Crippen LogP contribution in [0.2, 0.25) is 0 Å². The molecule has 0 aliphatic carbocycles. The molecule has 0 N–H and O–H groups in total. The smallest absolute Gasteiger partial charge is 0.137 e. The molecule has 0 saturated heterocycles. The lowest BCUT2D eigenvalue weighted by Gasteiger charge is -2.15. The molecule has 0 spiro atoms. The lowest BCUT2D eigenvalue weighted by Crippen LogP contribution is -2.17. The van der Waals surface area contributed by atoms with Crippen molar-refractivity contribution in [2.75, 3.05) is 11.4 Å². The van der Waals surface area contributed by atoms with Gasteiger partial charge in [-0.15, -0.1) is 0 Å². The van der Waals surface area contributed by atoms with Crippen molar-refractivity contribution in [2.45, 2.75) is 27.2 Å². The van der Waals surface area contributed by atoms with Gasteiger partial charge in [0.05, 0.1) is 12.9 Å². The number of hydrogen-bond acceptors (Lipinski definition) is 3. The molecule has 86 valence electrons. The summed E-state index contributed by atoms with van der Waals surface area (Å²) in [7, 11) is 0. The maximum Gasteiger partial charge on any atom is 0.137 e. The van der Waals surface area contributed by atoms with E-state index in [2.05, 4.69) is 23.0 Å². The van der Waals surface area contributed by atoms with Gasteiger partial charge in [0.25, 0.3) is 0 Å². The average molecular weight is 217 g/mol. The van der Waals surface area contributed by atoms with Crippen LogP contribution >= 0.6 is 0 Å². The van der Waals surface area contributed by atoms with Crippen LogP contribution in [0.15, 0.2) is 35.6 Å². The van der Waals surface area contributed by atoms with Gasteiger partial charge in [0.1, 0.15) is 5.82 Å². The van der Waals surface area contributed by atoms with Gasteiger partial charge in [-0.2, -0.15) is 0 Å². The van der Waals surface area contributed by atoms with E-state index in [1.165, 1.54) is 5.56 Å². The van der Waals surface area contributed by atoms with E-state index >= 15 is 0 Å². The number of anilines is 1. The first-order valence-corrected chi connectivity index (χ1v) is 5.80. The molecule has 1 aromatic heterocycles. The largest absolute Gasteiger partial charge is 0.293 e. The molecule has 2 rings (SSSR count). The van der Waals surface area contributed by atoms with Crippen molar-refractivity contribution in [1.29, 1.82) is 0 Å². The number of aryl methyl sites for hydroxylation is 1. The summed E-state index contributed by atoms with van der Waals surface area (Å²) in [6, 6.07) is 4.11. The van der Waals surface area contributed by atoms with Crippen LogP contribution in [-0.2, 0) is 6.42 Å². The molecule has 0 atom stereocenters. The fraction of sp³-hybridized carbons (Fsp3) is 0.385. The van der Waals surface area contributed by atoms with E-state index in [1.54, 1.807) is 6.34 Å². The van der Waals surface area contributed by atoms with Gasteiger partial charge >= 0.3 is 0 Å². The molecule has 3 nitrogen and oxygen atoms in total. The lowest BCUT2D eigenvalue weighted by atomic mass is 10.2. The summed E-state index contributed by atoms with van der Waals surface area (Å²) in [6.45, 7) is 6.89. The molecule has 3 heteroatoms. The predicted octanol–water partition coefficient (Wildman–Crippen LogP) is 3.03. The first-order chi connectivity index (χ1) is 7.90. The van der Waals surface area contributed by atoms with Crippen molar-refractivity contribution in [2.24, 2.45) is 4.99 Å². The molecule has 1 aliphatic heterocycles. The number of pyridine rings is 1. The second kappa shape index (κ2) is 6.77. The third kappa shape index (κ3) is 3.19. The second-order valence-corrected chi connectivity index (χ2v) is 3.15. The first kappa shape index (κ1) is 12.4. The van der Waals surface area contributed by atoms with Crippen molar-refractivity contribution in [3.8, 4) is 0 Å². The van der Waals surface area contributed by atoms with Crippen LogP contribution in [0.1, 0.15) is 26.3 Å². The second-order valence-electron chi connectivity index (χ2n) is 3.15. The summed E-state index contributed by atoms with van der Waals surface area (Å²) in [4.78, 5) is 10.4. The fourth-order valence-corrected chi connectivity index (χ4v) is 1.31. The lowest BCUT2D eigenvalue weighted by molar-refractivity contribution is 1.08. The summed E-state index contributed by atoms with van der Waals surface area (Å²) in [5.74, 6) is 0.918. The van der Waals surface area contributed by atoms with Crippen LogP contribution in [0.3, 0.4) is 0 Å². The summed E-state index contributed by atoms with van der Waals surface area (Å²) in [5, 5.41) is 0. The minimum Gasteiger partial charge on any atom is -0.293 e. The number of nitrogens with zero attached hydrogens (tertiary/aromatic N) is 3. The quantitative estimate of drug-likeness (QED) is 0.761. The Morgan fingerprint density at radius 1 is 1.31 bits per heavy atom. The molecule has 16 heavy (non-hydrogen) atoms. The van der Waals surface area contributed by atoms with Gasteiger partial charge in [-0.1, -0.05) is 26.8 Å². The van der Waals surface area contributed by atoms with Crippen LogP contribution < -0.4 is 4.90 Å². The Morgan fingerprint density at radius 2 is 2.12 bits per heavy atom. The monoisotopic (exact) mass is 217 g/mol. The maximum absolute atomic E-state index is 4.36. The maximum atomic E-state index is 4.36. The van der Waals surface area contributed by atoms with Crippen LogP contribution in [0.4, 0.5) is 5.82 Å². The predicted molar refractivity (Wildman–Crippen MR) is 69.9 cm³/mol. The van der Waals surface area contributed by atoms with Crippen molar-refractivity contribution < 1.29 is 0 Å². The molecule has 0 fully saturated rings. The van der Waals surface area contributed by atoms with E-state index in [9.17, 15) is 0 Å². The number of aliphatic imine (C=N–C) groups is 1. The van der Waals surface area contributed by atoms with Crippen molar-refractivity contribution in [3.63, 3.8) is 0 Å². The third-order valence-electron chi connectivity index (χ3n) is 2.16. The molecule has 0 amide bonds. The Hall–Kier alpha value is -1.64. The van der Waals surface area contributed by atoms with Crippen LogP contribution in [-0.4, -0.2) is 17.9 Å². The Labute approximate surface area is 97.5 Å². The minimum absolute atomic E-state index is 0.767. The molecule has 2 heterocycles. The van der Waals surface area contributed by atoms with Crippen molar-refractivity contribution in [1.82, 2.24) is 4.98 Å². The molecule has 0 bridgehead atoms. The highest BCUT2D eigenvalue weighted by Crippen LogP contribution is 2.11. The SMILES string of the molecule is CC.CCc1ccc(N2C=CCN=C2)nc1. The molecular formula is C13H19N3. The van der Waals surface area contributed by atoms with Gasteiger partial charge in [-0.25, -0.2) is 4.98 Å². The number of aromatic nitrogens is 1. The standard InChI is InChI=1S/C11H13N3.C2H6/c1-2-10-4-5-11(13-8-10)14-7-3-6-12-9-14;1-2/h3-5,7-9H,2,6H2,1H3;1-2H3. The van der Waals surface area contributed by atoms with E-state index in [4.69, 9.17) is 0 Å². The Morgan fingerprint density at radius 3 is 2.62 bits per heavy atom. The van der Waals surface area contributed by atoms with Crippen LogP contribution in [0.5, 0.6) is 0 Å². The molecule has 0 aromatic carbocycles. The highest BCUT2D eigenvalue weighted by Gasteiger charge is 2.02. The average Bonchev–Trinajstić information content (AvgIpc) is 2.42. The fourth-order valence-electron chi connectivity index (χ4n) is 1.31. The zero-order valence-electron chi connectivity index (χ0n) is 10.2. The van der Waals surface area contributed by atoms with Crippen molar-refractivity contribution in [3.05, 3.63) is 36.2 Å². The minimum atomic E-state index is 0.767. The number of hydrogen-bond donors (Lipinski definition) is 0. The first-order valence-electron chi connectivity index (χ1n) is 5.80. The zero-order chi connectivity index (χ0) is 11.8. The molecule has 1 aromatic rings. The van der Waals surface area contributed by atoms with Gasteiger partial charge in [0.2, 0.25) is 0 Å². The summed E-state index contributed by atoms with van der Waals surface area (Å²) in [5.41, 5.74) is 1.26. The third-order valence-corrected chi connectivity index (χ3v) is 2.16. The van der Waals surface area contributed by atoms with E-state index in [1.807, 2.05) is 43.3 Å². The van der Waals surface area contributed by atoms with Gasteiger partial charge < -0.3 is 0 Å². The summed E-state index contributed by atoms with van der Waals surface area (Å²) in [6.07, 6.45) is 8.73. The van der Waals surface area contributed by atoms with Gasteiger partial charge in [0, 0.05) is 12.4 Å². The van der Waals surface area contributed by atoms with Gasteiger partial charge in [-0.05, 0) is 24.1 Å². The van der Waals surface area contributed by atoms with E-state index in [0.717, 1.165) is 18.8 Å². The zero-order valence-corrected chi connectivity index (χ0v) is 10.2. The summed E-state index contributed by atoms with van der Waals surface area (Å²) < 4.78 is 0. The molecule has 0 saturated carbocycles. The Bertz CT molecular complexity index is 340. The van der Waals surface area contributed by atoms with E-state index in [0.29, 0.717) is 0 Å². The molecule has 0 unspecified atom stereocenters. The van der Waals surface area contributed by atoms with Gasteiger partial charge in [-0.3, -0.25) is 9.89 Å². The van der Waals surface area contributed by atoms with E-state index in [-0.39, 0.29) is 0 Å². The normalized spacial score (nSPS) is 13.3. The van der Waals surface area contributed by atoms with E-state index < -0.39 is 0 Å². The molecule has 1 aliphatic rings. The molecular weight excluding hydrogens is 198 g/mol. The molecule has 0 radical (unpaired) electrons. The number of rotatable bonds is 2. The van der Waals surface area contributed by atoms with Crippen LogP contribution in [0, 0.1) is 0 Å². The van der Waals surface area contributed by atoms with Crippen molar-refractivity contribution >= 4 is 12.2 Å². The summed E-state index contributed by atoms with van der Waals surface area (Å²) >= 11 is 0. The van der Waals surface area contributed by atoms with Crippen LogP contribution in [0.25, 0.3) is 0 Å². The highest BCUT2D eigenvalue weighted by atomic mass is 15.2. The Kier molecular flexibility index (Phi) is 5.26. The highest BCUT2D eigenvalue weighted by molar-refractivity contribution is 5.80. The topological polar surface area (TPSA) is 28.5 Å². The van der Waals surface area contributed by atoms with Gasteiger partial charge in [0.15, 0.2) is 0 Å².